The fourth-order valence-electron chi connectivity index (χ4n) is 1.32. The van der Waals surface area contributed by atoms with Gasteiger partial charge in [-0.2, -0.15) is 5.26 Å². The highest BCUT2D eigenvalue weighted by molar-refractivity contribution is 9.10. The Bertz CT molecular complexity index is 573. The molecule has 4 nitrogen and oxygen atoms in total. The molecule has 0 bridgehead atoms. The second-order valence-electron chi connectivity index (χ2n) is 3.32. The van der Waals surface area contributed by atoms with Gasteiger partial charge in [-0.3, -0.25) is 0 Å². The maximum absolute atomic E-state index is 8.96. The fraction of sp³-hybridized carbons (Fsp3) is 0.0909. The zero-order chi connectivity index (χ0) is 12.3. The average molecular weight is 309 g/mol. The van der Waals surface area contributed by atoms with Crippen LogP contribution < -0.4 is 11.1 Å². The third-order valence-electron chi connectivity index (χ3n) is 2.14. The van der Waals surface area contributed by atoms with Gasteiger partial charge in [-0.25, -0.2) is 4.98 Å². The first-order valence-corrected chi connectivity index (χ1v) is 6.49. The van der Waals surface area contributed by atoms with Gasteiger partial charge in [-0.05, 0) is 33.4 Å². The number of thiophene rings is 1. The molecule has 86 valence electrons. The van der Waals surface area contributed by atoms with Gasteiger partial charge in [0, 0.05) is 9.35 Å². The van der Waals surface area contributed by atoms with E-state index in [1.165, 1.54) is 6.20 Å². The minimum absolute atomic E-state index is 0.456. The summed E-state index contributed by atoms with van der Waals surface area (Å²) in [5.74, 6) is 0.557. The third-order valence-corrected chi connectivity index (χ3v) is 4.06. The number of nitrogen functional groups attached to an aromatic ring is 1. The molecule has 2 rings (SSSR count). The Balaban J connectivity index is 2.15. The van der Waals surface area contributed by atoms with Crippen molar-refractivity contribution in [3.8, 4) is 6.07 Å². The van der Waals surface area contributed by atoms with Crippen molar-refractivity contribution in [2.45, 2.75) is 6.54 Å². The van der Waals surface area contributed by atoms with Gasteiger partial charge in [0.1, 0.15) is 11.9 Å². The van der Waals surface area contributed by atoms with Crippen LogP contribution in [0.3, 0.4) is 0 Å². The highest BCUT2D eigenvalue weighted by atomic mass is 79.9. The first-order chi connectivity index (χ1) is 8.20. The fourth-order valence-corrected chi connectivity index (χ4v) is 2.75. The van der Waals surface area contributed by atoms with Crippen LogP contribution in [0.25, 0.3) is 0 Å². The first kappa shape index (κ1) is 11.9. The number of hydrogen-bond donors (Lipinski definition) is 2. The Hall–Kier alpha value is -1.58. The van der Waals surface area contributed by atoms with Gasteiger partial charge in [0.25, 0.3) is 0 Å². The number of halogens is 1. The number of pyridine rings is 1. The van der Waals surface area contributed by atoms with E-state index in [1.807, 2.05) is 11.4 Å². The topological polar surface area (TPSA) is 74.7 Å². The van der Waals surface area contributed by atoms with E-state index in [0.717, 1.165) is 9.35 Å². The molecule has 0 spiro atoms. The van der Waals surface area contributed by atoms with Crippen molar-refractivity contribution in [1.82, 2.24) is 4.98 Å². The molecule has 6 heteroatoms. The smallest absolute Gasteiger partial charge is 0.144 e. The summed E-state index contributed by atoms with van der Waals surface area (Å²) in [4.78, 5) is 5.27. The van der Waals surface area contributed by atoms with E-state index in [-0.39, 0.29) is 0 Å². The number of nitrogens with two attached hydrogens (primary N) is 1. The summed E-state index contributed by atoms with van der Waals surface area (Å²) in [6, 6.07) is 5.67. The van der Waals surface area contributed by atoms with Crippen molar-refractivity contribution >= 4 is 38.8 Å². The summed E-state index contributed by atoms with van der Waals surface area (Å²) in [5, 5.41) is 14.1. The second kappa shape index (κ2) is 5.17. The molecular formula is C11H9BrN4S. The number of nitrogens with zero attached hydrogens (tertiary/aromatic N) is 2. The molecule has 3 N–H and O–H groups in total. The molecule has 0 amide bonds. The molecule has 0 aliphatic carbocycles. The molecule has 2 aromatic heterocycles. The predicted molar refractivity (Wildman–Crippen MR) is 72.7 cm³/mol. The lowest BCUT2D eigenvalue weighted by Gasteiger charge is -2.06. The lowest BCUT2D eigenvalue weighted by Crippen LogP contribution is -2.03. The van der Waals surface area contributed by atoms with Crippen LogP contribution in [0.15, 0.2) is 28.2 Å². The number of anilines is 2. The normalized spacial score (nSPS) is 9.88. The zero-order valence-corrected chi connectivity index (χ0v) is 11.2. The van der Waals surface area contributed by atoms with E-state index in [4.69, 9.17) is 11.0 Å². The Labute approximate surface area is 111 Å². The summed E-state index contributed by atoms with van der Waals surface area (Å²) in [6.07, 6.45) is 1.53. The molecule has 2 aromatic rings. The number of rotatable bonds is 3. The summed E-state index contributed by atoms with van der Waals surface area (Å²) >= 11 is 5.09. The van der Waals surface area contributed by atoms with Crippen molar-refractivity contribution in [3.05, 3.63) is 38.6 Å². The Morgan fingerprint density at radius 1 is 1.59 bits per heavy atom. The van der Waals surface area contributed by atoms with Crippen molar-refractivity contribution < 1.29 is 0 Å². The molecular weight excluding hydrogens is 300 g/mol. The maximum atomic E-state index is 8.96. The average Bonchev–Trinajstić information content (AvgIpc) is 2.73. The van der Waals surface area contributed by atoms with Crippen LogP contribution in [0.2, 0.25) is 0 Å². The van der Waals surface area contributed by atoms with E-state index in [9.17, 15) is 0 Å². The quantitative estimate of drug-likeness (QED) is 0.914. The third kappa shape index (κ3) is 2.75. The van der Waals surface area contributed by atoms with Crippen LogP contribution in [0.5, 0.6) is 0 Å². The van der Waals surface area contributed by atoms with Crippen molar-refractivity contribution in [2.75, 3.05) is 11.1 Å². The number of nitriles is 1. The zero-order valence-electron chi connectivity index (χ0n) is 8.77. The van der Waals surface area contributed by atoms with Gasteiger partial charge >= 0.3 is 0 Å². The van der Waals surface area contributed by atoms with Crippen LogP contribution in [-0.2, 0) is 6.54 Å². The van der Waals surface area contributed by atoms with Crippen LogP contribution >= 0.6 is 27.3 Å². The highest BCUT2D eigenvalue weighted by Gasteiger charge is 2.06. The monoisotopic (exact) mass is 308 g/mol. The maximum Gasteiger partial charge on any atom is 0.144 e. The lowest BCUT2D eigenvalue weighted by molar-refractivity contribution is 1.13. The summed E-state index contributed by atoms with van der Waals surface area (Å²) in [7, 11) is 0. The highest BCUT2D eigenvalue weighted by Crippen LogP contribution is 2.24. The molecule has 0 atom stereocenters. The Morgan fingerprint density at radius 3 is 3.06 bits per heavy atom. The van der Waals surface area contributed by atoms with Gasteiger partial charge in [0.05, 0.1) is 24.0 Å². The molecule has 17 heavy (non-hydrogen) atoms. The lowest BCUT2D eigenvalue weighted by atomic mass is 10.2. The van der Waals surface area contributed by atoms with Crippen LogP contribution in [0.4, 0.5) is 11.5 Å². The molecule has 0 radical (unpaired) electrons. The second-order valence-corrected chi connectivity index (χ2v) is 5.18. The van der Waals surface area contributed by atoms with Gasteiger partial charge in [-0.15, -0.1) is 11.3 Å². The molecule has 0 saturated heterocycles. The van der Waals surface area contributed by atoms with Crippen LogP contribution in [-0.4, -0.2) is 4.98 Å². The molecule has 0 aliphatic rings. The van der Waals surface area contributed by atoms with E-state index >= 15 is 0 Å². The summed E-state index contributed by atoms with van der Waals surface area (Å²) < 4.78 is 1.06. The molecule has 0 unspecified atom stereocenters. The Morgan fingerprint density at radius 2 is 2.41 bits per heavy atom. The van der Waals surface area contributed by atoms with Gasteiger partial charge < -0.3 is 11.1 Å². The number of hydrogen-bond acceptors (Lipinski definition) is 5. The summed E-state index contributed by atoms with van der Waals surface area (Å²) in [6.45, 7) is 0.629. The van der Waals surface area contributed by atoms with Gasteiger partial charge in [0.2, 0.25) is 0 Å². The molecule has 0 aliphatic heterocycles. The Kier molecular flexibility index (Phi) is 3.61. The van der Waals surface area contributed by atoms with Gasteiger partial charge in [-0.1, -0.05) is 0 Å². The van der Waals surface area contributed by atoms with E-state index in [1.54, 1.807) is 17.4 Å². The van der Waals surface area contributed by atoms with Crippen molar-refractivity contribution in [2.24, 2.45) is 0 Å². The van der Waals surface area contributed by atoms with Crippen molar-refractivity contribution in [3.63, 3.8) is 0 Å². The minimum atomic E-state index is 0.456. The van der Waals surface area contributed by atoms with E-state index in [0.29, 0.717) is 23.6 Å². The number of aromatic nitrogens is 1. The predicted octanol–water partition coefficient (Wildman–Crippen LogP) is 2.97. The minimum Gasteiger partial charge on any atom is -0.397 e. The molecule has 0 aromatic carbocycles. The standard InChI is InChI=1S/C11H9BrN4S/c12-9-1-2-17-10(9)6-16-11-7(4-13)3-8(14)5-15-11/h1-3,5H,6,14H2,(H,15,16). The van der Waals surface area contributed by atoms with E-state index < -0.39 is 0 Å². The first-order valence-electron chi connectivity index (χ1n) is 4.82. The SMILES string of the molecule is N#Cc1cc(N)cnc1NCc1sccc1Br. The molecule has 0 fully saturated rings. The molecule has 2 heterocycles. The van der Waals surface area contributed by atoms with Gasteiger partial charge in [0.15, 0.2) is 0 Å². The number of nitrogens with one attached hydrogen (secondary N) is 1. The summed E-state index contributed by atoms with van der Waals surface area (Å²) in [5.41, 5.74) is 6.52. The largest absolute Gasteiger partial charge is 0.397 e. The van der Waals surface area contributed by atoms with Crippen molar-refractivity contribution in [1.29, 1.82) is 5.26 Å². The van der Waals surface area contributed by atoms with E-state index in [2.05, 4.69) is 32.3 Å². The molecule has 0 saturated carbocycles. The van der Waals surface area contributed by atoms with Crippen LogP contribution in [0, 0.1) is 11.3 Å². The van der Waals surface area contributed by atoms with Crippen LogP contribution in [0.1, 0.15) is 10.4 Å².